The minimum absolute atomic E-state index is 0.0153. The molecule has 2 rings (SSSR count). The maximum absolute atomic E-state index is 12.3. The number of aliphatic imine (C=N–C) groups is 1. The first-order chi connectivity index (χ1) is 11.9. The summed E-state index contributed by atoms with van der Waals surface area (Å²) < 4.78 is 32.7. The zero-order valence-corrected chi connectivity index (χ0v) is 15.9. The van der Waals surface area contributed by atoms with Crippen LogP contribution in [0, 0.1) is 0 Å². The molecule has 0 saturated carbocycles. The lowest BCUT2D eigenvalue weighted by molar-refractivity contribution is 0.114. The Morgan fingerprint density at radius 1 is 1.32 bits per heavy atom. The lowest BCUT2D eigenvalue weighted by atomic mass is 10.2. The first-order valence-electron chi connectivity index (χ1n) is 8.58. The summed E-state index contributed by atoms with van der Waals surface area (Å²) in [5.41, 5.74) is 0.977. The number of benzene rings is 1. The Balaban J connectivity index is 1.89. The van der Waals surface area contributed by atoms with Gasteiger partial charge in [0.25, 0.3) is 0 Å². The summed E-state index contributed by atoms with van der Waals surface area (Å²) in [6.45, 7) is 5.67. The van der Waals surface area contributed by atoms with Crippen molar-refractivity contribution in [3.05, 3.63) is 29.8 Å². The fraction of sp³-hybridized carbons (Fsp3) is 0.588. The van der Waals surface area contributed by atoms with E-state index in [2.05, 4.69) is 20.3 Å². The SMILES string of the molecule is CN=C(NCc1ccc(S(=O)(=O)NCC2CCCO2)cc1)NC(C)C. The first-order valence-corrected chi connectivity index (χ1v) is 10.1. The molecule has 0 aromatic heterocycles. The van der Waals surface area contributed by atoms with Crippen LogP contribution in [-0.2, 0) is 21.3 Å². The van der Waals surface area contributed by atoms with Crippen molar-refractivity contribution in [2.45, 2.75) is 50.3 Å². The molecule has 8 heteroatoms. The molecule has 1 atom stereocenters. The largest absolute Gasteiger partial charge is 0.377 e. The van der Waals surface area contributed by atoms with Crippen LogP contribution in [-0.4, -0.2) is 46.7 Å². The van der Waals surface area contributed by atoms with Gasteiger partial charge in [-0.05, 0) is 44.4 Å². The van der Waals surface area contributed by atoms with Gasteiger partial charge in [-0.15, -0.1) is 0 Å². The molecule has 7 nitrogen and oxygen atoms in total. The van der Waals surface area contributed by atoms with Crippen LogP contribution in [0.5, 0.6) is 0 Å². The topological polar surface area (TPSA) is 91.8 Å². The summed E-state index contributed by atoms with van der Waals surface area (Å²) in [4.78, 5) is 4.40. The molecule has 0 bridgehead atoms. The lowest BCUT2D eigenvalue weighted by Gasteiger charge is -2.15. The number of sulfonamides is 1. The molecule has 25 heavy (non-hydrogen) atoms. The van der Waals surface area contributed by atoms with E-state index in [0.717, 1.165) is 18.4 Å². The number of nitrogens with zero attached hydrogens (tertiary/aromatic N) is 1. The maximum atomic E-state index is 12.3. The van der Waals surface area contributed by atoms with Crippen molar-refractivity contribution in [1.29, 1.82) is 0 Å². The third-order valence-corrected chi connectivity index (χ3v) is 5.31. The van der Waals surface area contributed by atoms with E-state index >= 15 is 0 Å². The molecular weight excluding hydrogens is 340 g/mol. The number of nitrogens with one attached hydrogen (secondary N) is 3. The molecule has 1 fully saturated rings. The summed E-state index contributed by atoms with van der Waals surface area (Å²) in [6, 6.07) is 7.13. The van der Waals surface area contributed by atoms with Crippen molar-refractivity contribution >= 4 is 16.0 Å². The third kappa shape index (κ3) is 6.30. The average Bonchev–Trinajstić information content (AvgIpc) is 3.10. The van der Waals surface area contributed by atoms with E-state index in [4.69, 9.17) is 4.74 Å². The average molecular weight is 369 g/mol. The highest BCUT2D eigenvalue weighted by molar-refractivity contribution is 7.89. The Morgan fingerprint density at radius 2 is 2.04 bits per heavy atom. The molecule has 1 saturated heterocycles. The van der Waals surface area contributed by atoms with Gasteiger partial charge in [0, 0.05) is 32.8 Å². The van der Waals surface area contributed by atoms with Crippen LogP contribution < -0.4 is 15.4 Å². The van der Waals surface area contributed by atoms with Crippen molar-refractivity contribution in [2.24, 2.45) is 4.99 Å². The number of hydrogen-bond acceptors (Lipinski definition) is 4. The second-order valence-corrected chi connectivity index (χ2v) is 8.12. The number of ether oxygens (including phenoxy) is 1. The Kier molecular flexibility index (Phi) is 7.22. The normalized spacial score (nSPS) is 18.6. The van der Waals surface area contributed by atoms with Crippen LogP contribution in [0.3, 0.4) is 0 Å². The Labute approximate surface area is 150 Å². The second kappa shape index (κ2) is 9.17. The van der Waals surface area contributed by atoms with Gasteiger partial charge >= 0.3 is 0 Å². The van der Waals surface area contributed by atoms with Gasteiger partial charge in [0.2, 0.25) is 10.0 Å². The minimum Gasteiger partial charge on any atom is -0.377 e. The molecule has 1 aliphatic heterocycles. The highest BCUT2D eigenvalue weighted by Gasteiger charge is 2.20. The van der Waals surface area contributed by atoms with E-state index < -0.39 is 10.0 Å². The number of guanidine groups is 1. The highest BCUT2D eigenvalue weighted by atomic mass is 32.2. The summed E-state index contributed by atoms with van der Waals surface area (Å²) in [5.74, 6) is 0.713. The van der Waals surface area contributed by atoms with Crippen LogP contribution in [0.25, 0.3) is 0 Å². The van der Waals surface area contributed by atoms with Crippen molar-refractivity contribution in [3.8, 4) is 0 Å². The summed E-state index contributed by atoms with van der Waals surface area (Å²) >= 11 is 0. The zero-order valence-electron chi connectivity index (χ0n) is 15.1. The van der Waals surface area contributed by atoms with Crippen LogP contribution >= 0.6 is 0 Å². The predicted molar refractivity (Wildman–Crippen MR) is 99.1 cm³/mol. The van der Waals surface area contributed by atoms with Gasteiger partial charge in [0.1, 0.15) is 0 Å². The maximum Gasteiger partial charge on any atom is 0.240 e. The fourth-order valence-electron chi connectivity index (χ4n) is 2.53. The summed E-state index contributed by atoms with van der Waals surface area (Å²) in [6.07, 6.45) is 1.88. The van der Waals surface area contributed by atoms with Crippen molar-refractivity contribution in [3.63, 3.8) is 0 Å². The molecule has 0 aliphatic carbocycles. The fourth-order valence-corrected chi connectivity index (χ4v) is 3.60. The number of rotatable bonds is 7. The number of hydrogen-bond donors (Lipinski definition) is 3. The van der Waals surface area contributed by atoms with E-state index in [-0.39, 0.29) is 17.0 Å². The first kappa shape index (κ1) is 19.7. The Bertz CT molecular complexity index is 666. The molecule has 1 aliphatic rings. The summed E-state index contributed by atoms with van der Waals surface area (Å²) in [7, 11) is -1.79. The van der Waals surface area contributed by atoms with Gasteiger partial charge in [-0.2, -0.15) is 0 Å². The van der Waals surface area contributed by atoms with Gasteiger partial charge in [-0.3, -0.25) is 4.99 Å². The Morgan fingerprint density at radius 3 is 2.60 bits per heavy atom. The molecule has 0 spiro atoms. The summed E-state index contributed by atoms with van der Waals surface area (Å²) in [5, 5.41) is 6.39. The van der Waals surface area contributed by atoms with Crippen LogP contribution in [0.4, 0.5) is 0 Å². The van der Waals surface area contributed by atoms with E-state index in [0.29, 0.717) is 25.7 Å². The third-order valence-electron chi connectivity index (χ3n) is 3.87. The zero-order chi connectivity index (χ0) is 18.3. The molecule has 140 valence electrons. The Hall–Kier alpha value is -1.64. The van der Waals surface area contributed by atoms with Gasteiger partial charge in [0.15, 0.2) is 5.96 Å². The van der Waals surface area contributed by atoms with Gasteiger partial charge < -0.3 is 15.4 Å². The standard InChI is InChI=1S/C17H28N4O3S/c1-13(2)21-17(18-3)19-11-14-6-8-16(9-7-14)25(22,23)20-12-15-5-4-10-24-15/h6-9,13,15,20H,4-5,10-12H2,1-3H3,(H2,18,19,21). The molecule has 1 aromatic carbocycles. The van der Waals surface area contributed by atoms with Crippen molar-refractivity contribution < 1.29 is 13.2 Å². The molecule has 1 aromatic rings. The van der Waals surface area contributed by atoms with E-state index in [1.807, 2.05) is 13.8 Å². The molecule has 0 radical (unpaired) electrons. The second-order valence-electron chi connectivity index (χ2n) is 6.36. The van der Waals surface area contributed by atoms with Crippen LogP contribution in [0.2, 0.25) is 0 Å². The molecule has 1 unspecified atom stereocenters. The van der Waals surface area contributed by atoms with Gasteiger partial charge in [-0.25, -0.2) is 13.1 Å². The van der Waals surface area contributed by atoms with Crippen LogP contribution in [0.1, 0.15) is 32.3 Å². The van der Waals surface area contributed by atoms with Crippen molar-refractivity contribution in [1.82, 2.24) is 15.4 Å². The quantitative estimate of drug-likeness (QED) is 0.497. The smallest absolute Gasteiger partial charge is 0.240 e. The van der Waals surface area contributed by atoms with Crippen molar-refractivity contribution in [2.75, 3.05) is 20.2 Å². The minimum atomic E-state index is -3.50. The molecule has 3 N–H and O–H groups in total. The van der Waals surface area contributed by atoms with E-state index in [1.165, 1.54) is 0 Å². The van der Waals surface area contributed by atoms with Gasteiger partial charge in [-0.1, -0.05) is 12.1 Å². The van der Waals surface area contributed by atoms with E-state index in [1.54, 1.807) is 31.3 Å². The monoisotopic (exact) mass is 368 g/mol. The molecule has 1 heterocycles. The lowest BCUT2D eigenvalue weighted by Crippen LogP contribution is -2.40. The predicted octanol–water partition coefficient (Wildman–Crippen LogP) is 1.22. The van der Waals surface area contributed by atoms with E-state index in [9.17, 15) is 8.42 Å². The van der Waals surface area contributed by atoms with Crippen LogP contribution in [0.15, 0.2) is 34.2 Å². The molecular formula is C17H28N4O3S. The van der Waals surface area contributed by atoms with Gasteiger partial charge in [0.05, 0.1) is 11.0 Å². The molecule has 0 amide bonds. The highest BCUT2D eigenvalue weighted by Crippen LogP contribution is 2.14.